The summed E-state index contributed by atoms with van der Waals surface area (Å²) < 4.78 is 10.6. The van der Waals surface area contributed by atoms with Gasteiger partial charge in [-0.1, -0.05) is 13.0 Å². The molecule has 1 aromatic heterocycles. The lowest BCUT2D eigenvalue weighted by Gasteiger charge is -2.11. The van der Waals surface area contributed by atoms with E-state index in [9.17, 15) is 9.59 Å². The van der Waals surface area contributed by atoms with Crippen molar-refractivity contribution in [3.05, 3.63) is 53.9 Å². The molecule has 0 radical (unpaired) electrons. The molecule has 2 aromatic rings. The van der Waals surface area contributed by atoms with Crippen molar-refractivity contribution in [3.8, 4) is 11.5 Å². The molecule has 2 rings (SSSR count). The molecule has 1 unspecified atom stereocenters. The molecular weight excluding hydrogens is 346 g/mol. The smallest absolute Gasteiger partial charge is 0.270 e. The lowest BCUT2D eigenvalue weighted by Crippen LogP contribution is -2.33. The fourth-order valence-corrected chi connectivity index (χ4v) is 2.18. The van der Waals surface area contributed by atoms with E-state index >= 15 is 0 Å². The first kappa shape index (κ1) is 20.2. The van der Waals surface area contributed by atoms with Crippen molar-refractivity contribution in [2.75, 3.05) is 20.3 Å². The van der Waals surface area contributed by atoms with Gasteiger partial charge in [0, 0.05) is 6.04 Å². The van der Waals surface area contributed by atoms with E-state index in [1.165, 1.54) is 0 Å². The molecular formula is C20H25N3O4. The van der Waals surface area contributed by atoms with Gasteiger partial charge in [-0.25, -0.2) is 4.98 Å². The first-order chi connectivity index (χ1) is 13.0. The number of hydrogen-bond donors (Lipinski definition) is 2. The minimum absolute atomic E-state index is 0.0480. The zero-order valence-corrected chi connectivity index (χ0v) is 15.8. The van der Waals surface area contributed by atoms with Crippen LogP contribution < -0.4 is 20.1 Å². The Morgan fingerprint density at radius 2 is 1.67 bits per heavy atom. The molecule has 0 aliphatic heterocycles. The molecule has 0 saturated carbocycles. The van der Waals surface area contributed by atoms with Gasteiger partial charge in [-0.05, 0) is 49.7 Å². The van der Waals surface area contributed by atoms with Crippen LogP contribution in [0.25, 0.3) is 0 Å². The van der Waals surface area contributed by atoms with Gasteiger partial charge in [-0.2, -0.15) is 0 Å². The maximum Gasteiger partial charge on any atom is 0.270 e. The highest BCUT2D eigenvalue weighted by Gasteiger charge is 2.13. The predicted octanol–water partition coefficient (Wildman–Crippen LogP) is 2.43. The largest absolute Gasteiger partial charge is 0.497 e. The fourth-order valence-electron chi connectivity index (χ4n) is 2.18. The lowest BCUT2D eigenvalue weighted by molar-refractivity contribution is 0.0932. The monoisotopic (exact) mass is 371 g/mol. The minimum atomic E-state index is -0.355. The van der Waals surface area contributed by atoms with Crippen LogP contribution in [-0.2, 0) is 0 Å². The summed E-state index contributed by atoms with van der Waals surface area (Å²) in [6.07, 6.45) is 0.820. The molecule has 27 heavy (non-hydrogen) atoms. The van der Waals surface area contributed by atoms with Crippen LogP contribution in [0.1, 0.15) is 41.2 Å². The molecule has 7 nitrogen and oxygen atoms in total. The van der Waals surface area contributed by atoms with Crippen molar-refractivity contribution >= 4 is 11.8 Å². The van der Waals surface area contributed by atoms with E-state index in [0.717, 1.165) is 12.2 Å². The fraction of sp³-hybridized carbons (Fsp3) is 0.350. The molecule has 0 saturated heterocycles. The number of benzene rings is 1. The van der Waals surface area contributed by atoms with Gasteiger partial charge in [0.2, 0.25) is 0 Å². The van der Waals surface area contributed by atoms with Gasteiger partial charge in [0.15, 0.2) is 0 Å². The van der Waals surface area contributed by atoms with Gasteiger partial charge in [0.05, 0.1) is 13.7 Å². The van der Waals surface area contributed by atoms with E-state index < -0.39 is 0 Å². The number of methoxy groups -OCH3 is 1. The topological polar surface area (TPSA) is 89.6 Å². The molecule has 7 heteroatoms. The maximum atomic E-state index is 12.2. The third kappa shape index (κ3) is 6.29. The van der Waals surface area contributed by atoms with Crippen LogP contribution in [0.5, 0.6) is 11.5 Å². The maximum absolute atomic E-state index is 12.2. The number of carbonyl (C=O) groups excluding carboxylic acids is 2. The summed E-state index contributed by atoms with van der Waals surface area (Å²) in [5, 5.41) is 5.56. The number of carbonyl (C=O) groups is 2. The molecule has 0 spiro atoms. The summed E-state index contributed by atoms with van der Waals surface area (Å²) in [6, 6.07) is 12.0. The van der Waals surface area contributed by atoms with E-state index in [4.69, 9.17) is 9.47 Å². The standard InChI is InChI=1S/C20H25N3O4/c1-4-14(2)22-20(25)18-7-5-6-17(23-18)19(24)21-12-13-27-16-10-8-15(26-3)9-11-16/h5-11,14H,4,12-13H2,1-3H3,(H,21,24)(H,22,25). The highest BCUT2D eigenvalue weighted by molar-refractivity contribution is 5.96. The lowest BCUT2D eigenvalue weighted by atomic mass is 10.2. The normalized spacial score (nSPS) is 11.4. The Balaban J connectivity index is 1.83. The SMILES string of the molecule is CCC(C)NC(=O)c1cccc(C(=O)NCCOc2ccc(OC)cc2)n1. The third-order valence-corrected chi connectivity index (χ3v) is 3.92. The number of pyridine rings is 1. The van der Waals surface area contributed by atoms with Gasteiger partial charge in [0.25, 0.3) is 11.8 Å². The Labute approximate surface area is 159 Å². The first-order valence-electron chi connectivity index (χ1n) is 8.86. The van der Waals surface area contributed by atoms with Crippen LogP contribution in [0.3, 0.4) is 0 Å². The Kier molecular flexibility index (Phi) is 7.61. The average molecular weight is 371 g/mol. The second-order valence-electron chi connectivity index (χ2n) is 5.97. The molecule has 0 bridgehead atoms. The van der Waals surface area contributed by atoms with Gasteiger partial charge in [-0.15, -0.1) is 0 Å². The number of rotatable bonds is 9. The zero-order chi connectivity index (χ0) is 19.6. The number of hydrogen-bond acceptors (Lipinski definition) is 5. The van der Waals surface area contributed by atoms with Crippen LogP contribution in [-0.4, -0.2) is 43.1 Å². The summed E-state index contributed by atoms with van der Waals surface area (Å²) in [6.45, 7) is 4.52. The molecule has 0 aliphatic rings. The second-order valence-corrected chi connectivity index (χ2v) is 5.97. The van der Waals surface area contributed by atoms with Gasteiger partial charge >= 0.3 is 0 Å². The summed E-state index contributed by atoms with van der Waals surface area (Å²) in [7, 11) is 1.60. The van der Waals surface area contributed by atoms with Crippen LogP contribution in [0.15, 0.2) is 42.5 Å². The first-order valence-corrected chi connectivity index (χ1v) is 8.86. The van der Waals surface area contributed by atoms with Gasteiger partial charge < -0.3 is 20.1 Å². The number of amides is 2. The van der Waals surface area contributed by atoms with E-state index in [2.05, 4.69) is 15.6 Å². The summed E-state index contributed by atoms with van der Waals surface area (Å²) in [5.41, 5.74) is 0.411. The predicted molar refractivity (Wildman–Crippen MR) is 102 cm³/mol. The van der Waals surface area contributed by atoms with Crippen LogP contribution in [0, 0.1) is 0 Å². The number of aromatic nitrogens is 1. The van der Waals surface area contributed by atoms with E-state index in [1.54, 1.807) is 49.6 Å². The molecule has 144 valence electrons. The number of ether oxygens (including phenoxy) is 2. The molecule has 1 aromatic carbocycles. The highest BCUT2D eigenvalue weighted by Crippen LogP contribution is 2.16. The van der Waals surface area contributed by atoms with Crippen molar-refractivity contribution in [1.82, 2.24) is 15.6 Å². The quantitative estimate of drug-likeness (QED) is 0.661. The van der Waals surface area contributed by atoms with Crippen molar-refractivity contribution < 1.29 is 19.1 Å². The molecule has 2 N–H and O–H groups in total. The van der Waals surface area contributed by atoms with Crippen molar-refractivity contribution in [3.63, 3.8) is 0 Å². The van der Waals surface area contributed by atoms with Crippen molar-refractivity contribution in [2.45, 2.75) is 26.3 Å². The average Bonchev–Trinajstić information content (AvgIpc) is 2.71. The number of nitrogens with one attached hydrogen (secondary N) is 2. The summed E-state index contributed by atoms with van der Waals surface area (Å²) in [4.78, 5) is 28.5. The molecule has 2 amide bonds. The minimum Gasteiger partial charge on any atom is -0.497 e. The molecule has 0 fully saturated rings. The van der Waals surface area contributed by atoms with Gasteiger partial charge in [0.1, 0.15) is 29.5 Å². The second kappa shape index (κ2) is 10.2. The Morgan fingerprint density at radius 3 is 2.30 bits per heavy atom. The summed E-state index contributed by atoms with van der Waals surface area (Å²) in [5.74, 6) is 0.791. The van der Waals surface area contributed by atoms with Crippen molar-refractivity contribution in [1.29, 1.82) is 0 Å². The zero-order valence-electron chi connectivity index (χ0n) is 15.8. The Morgan fingerprint density at radius 1 is 1.04 bits per heavy atom. The Bertz CT molecular complexity index is 762. The molecule has 1 heterocycles. The van der Waals surface area contributed by atoms with E-state index in [-0.39, 0.29) is 29.2 Å². The van der Waals surface area contributed by atoms with Crippen LogP contribution >= 0.6 is 0 Å². The van der Waals surface area contributed by atoms with E-state index in [0.29, 0.717) is 18.9 Å². The third-order valence-electron chi connectivity index (χ3n) is 3.92. The molecule has 1 atom stereocenters. The van der Waals surface area contributed by atoms with Crippen molar-refractivity contribution in [2.24, 2.45) is 0 Å². The van der Waals surface area contributed by atoms with E-state index in [1.807, 2.05) is 13.8 Å². The summed E-state index contributed by atoms with van der Waals surface area (Å²) >= 11 is 0. The Hall–Kier alpha value is -3.09. The highest BCUT2D eigenvalue weighted by atomic mass is 16.5. The molecule has 0 aliphatic carbocycles. The van der Waals surface area contributed by atoms with Gasteiger partial charge in [-0.3, -0.25) is 9.59 Å². The number of nitrogens with zero attached hydrogens (tertiary/aromatic N) is 1. The van der Waals surface area contributed by atoms with Crippen LogP contribution in [0.2, 0.25) is 0 Å². The van der Waals surface area contributed by atoms with Crippen LogP contribution in [0.4, 0.5) is 0 Å².